The molecule has 0 aromatic heterocycles. The second kappa shape index (κ2) is 6.89. The van der Waals surface area contributed by atoms with Crippen molar-refractivity contribution >= 4 is 70.2 Å². The van der Waals surface area contributed by atoms with Gasteiger partial charge < -0.3 is 5.73 Å². The Morgan fingerprint density at radius 1 is 0.923 bits per heavy atom. The minimum Gasteiger partial charge on any atom is -0.350 e. The fourth-order valence-corrected chi connectivity index (χ4v) is 3.55. The molecule has 2 aromatic carbocycles. The molecule has 1 aliphatic carbocycles. The number of hydrazone groups is 1. The largest absolute Gasteiger partial charge is 0.350 e. The molecular weight excluding hydrogens is 424 g/mol. The number of halogens is 4. The van der Waals surface area contributed by atoms with Crippen LogP contribution in [-0.4, -0.2) is 23.8 Å². The van der Waals surface area contributed by atoms with E-state index in [1.165, 1.54) is 24.4 Å². The molecule has 0 fully saturated rings. The molecule has 3 N–H and O–H groups in total. The van der Waals surface area contributed by atoms with Gasteiger partial charge in [0.2, 0.25) is 0 Å². The fourth-order valence-electron chi connectivity index (χ4n) is 2.53. The highest BCUT2D eigenvalue weighted by atomic mass is 35.5. The summed E-state index contributed by atoms with van der Waals surface area (Å²) in [4.78, 5) is 36.3. The normalized spacial score (nSPS) is 12.9. The highest BCUT2D eigenvalue weighted by Gasteiger charge is 2.36. The Bertz CT molecular complexity index is 1030. The lowest BCUT2D eigenvalue weighted by Crippen LogP contribution is -2.24. The van der Waals surface area contributed by atoms with Gasteiger partial charge in [0, 0.05) is 11.1 Å². The molecule has 0 atom stereocenters. The van der Waals surface area contributed by atoms with Gasteiger partial charge in [-0.05, 0) is 17.7 Å². The lowest BCUT2D eigenvalue weighted by Gasteiger charge is -2.21. The lowest BCUT2D eigenvalue weighted by atomic mass is 9.83. The van der Waals surface area contributed by atoms with Gasteiger partial charge in [0.05, 0.1) is 37.4 Å². The van der Waals surface area contributed by atoms with Gasteiger partial charge in [-0.3, -0.25) is 9.59 Å². The van der Waals surface area contributed by atoms with E-state index >= 15 is 0 Å². The van der Waals surface area contributed by atoms with Gasteiger partial charge in [-0.1, -0.05) is 52.5 Å². The fraction of sp³-hybridized carbons (Fsp3) is 0. The predicted molar refractivity (Wildman–Crippen MR) is 100 cm³/mol. The Kier molecular flexibility index (Phi) is 4.94. The summed E-state index contributed by atoms with van der Waals surface area (Å²) in [5, 5.41) is 3.13. The maximum atomic E-state index is 12.9. The first kappa shape index (κ1) is 18.7. The highest BCUT2D eigenvalue weighted by molar-refractivity contribution is 6.55. The van der Waals surface area contributed by atoms with Gasteiger partial charge in [0.1, 0.15) is 0 Å². The standard InChI is InChI=1S/C16H7Cl4N3O3/c17-10-8-9(11(18)13(20)12(10)19)15(25)7-3-5(4-22-23-16(21)26)1-2-6(7)14(8)24/h1-4H,(H3,21,23,26). The van der Waals surface area contributed by atoms with E-state index in [4.69, 9.17) is 52.1 Å². The molecule has 0 radical (unpaired) electrons. The maximum Gasteiger partial charge on any atom is 0.332 e. The van der Waals surface area contributed by atoms with Crippen molar-refractivity contribution in [3.8, 4) is 0 Å². The molecule has 6 nitrogen and oxygen atoms in total. The number of benzene rings is 2. The molecule has 0 bridgehead atoms. The Labute approximate surface area is 166 Å². The van der Waals surface area contributed by atoms with Gasteiger partial charge in [-0.2, -0.15) is 5.10 Å². The number of rotatable bonds is 2. The van der Waals surface area contributed by atoms with Crippen molar-refractivity contribution in [3.63, 3.8) is 0 Å². The molecule has 26 heavy (non-hydrogen) atoms. The van der Waals surface area contributed by atoms with Gasteiger partial charge in [0.15, 0.2) is 11.6 Å². The van der Waals surface area contributed by atoms with E-state index in [0.29, 0.717) is 5.56 Å². The Balaban J connectivity index is 2.17. The summed E-state index contributed by atoms with van der Waals surface area (Å²) < 4.78 is 0. The lowest BCUT2D eigenvalue weighted by molar-refractivity contribution is 0.0979. The summed E-state index contributed by atoms with van der Waals surface area (Å²) in [5.74, 6) is -1.03. The van der Waals surface area contributed by atoms with Crippen LogP contribution in [0.2, 0.25) is 20.1 Å². The molecule has 132 valence electrons. The monoisotopic (exact) mass is 429 g/mol. The van der Waals surface area contributed by atoms with Crippen LogP contribution in [0.3, 0.4) is 0 Å². The van der Waals surface area contributed by atoms with Gasteiger partial charge in [0.25, 0.3) is 0 Å². The molecule has 3 rings (SSSR count). The third kappa shape index (κ3) is 2.95. The van der Waals surface area contributed by atoms with Crippen LogP contribution in [0.4, 0.5) is 4.79 Å². The van der Waals surface area contributed by atoms with Crippen molar-refractivity contribution in [2.24, 2.45) is 10.8 Å². The van der Waals surface area contributed by atoms with E-state index in [9.17, 15) is 14.4 Å². The van der Waals surface area contributed by atoms with Crippen molar-refractivity contribution in [1.82, 2.24) is 5.43 Å². The van der Waals surface area contributed by atoms with Crippen molar-refractivity contribution in [1.29, 1.82) is 0 Å². The summed E-state index contributed by atoms with van der Waals surface area (Å²) in [7, 11) is 0. The zero-order chi connectivity index (χ0) is 19.2. The average Bonchev–Trinajstić information content (AvgIpc) is 2.60. The third-order valence-corrected chi connectivity index (χ3v) is 5.44. The summed E-state index contributed by atoms with van der Waals surface area (Å²) in [5.41, 5.74) is 7.43. The Morgan fingerprint density at radius 2 is 1.46 bits per heavy atom. The highest BCUT2D eigenvalue weighted by Crippen LogP contribution is 2.45. The minimum atomic E-state index is -0.840. The van der Waals surface area contributed by atoms with Crippen molar-refractivity contribution < 1.29 is 14.4 Å². The molecule has 0 saturated carbocycles. The van der Waals surface area contributed by atoms with E-state index in [1.54, 1.807) is 0 Å². The van der Waals surface area contributed by atoms with E-state index < -0.39 is 17.6 Å². The van der Waals surface area contributed by atoms with Crippen molar-refractivity contribution in [3.05, 3.63) is 66.1 Å². The summed E-state index contributed by atoms with van der Waals surface area (Å²) in [6.07, 6.45) is 1.27. The number of amides is 2. The number of carbonyl (C=O) groups is 3. The number of hydrogen-bond acceptors (Lipinski definition) is 4. The number of carbonyl (C=O) groups excluding carboxylic acids is 3. The third-order valence-electron chi connectivity index (χ3n) is 3.64. The SMILES string of the molecule is NC(=O)NN=Cc1ccc2c(c1)C(=O)c1c(Cl)c(Cl)c(Cl)c(Cl)c1C2=O. The van der Waals surface area contributed by atoms with Crippen molar-refractivity contribution in [2.75, 3.05) is 0 Å². The molecule has 0 aliphatic heterocycles. The zero-order valence-corrected chi connectivity index (χ0v) is 15.6. The molecule has 0 spiro atoms. The number of nitrogens with two attached hydrogens (primary N) is 1. The average molecular weight is 431 g/mol. The molecule has 10 heteroatoms. The first-order valence-corrected chi connectivity index (χ1v) is 8.43. The number of fused-ring (bicyclic) bond motifs is 2. The van der Waals surface area contributed by atoms with Crippen LogP contribution >= 0.6 is 46.4 Å². The molecule has 0 saturated heterocycles. The Hall–Kier alpha value is -2.12. The minimum absolute atomic E-state index is 0.0830. The summed E-state index contributed by atoms with van der Waals surface area (Å²) in [6.45, 7) is 0. The zero-order valence-electron chi connectivity index (χ0n) is 12.6. The van der Waals surface area contributed by atoms with E-state index in [0.717, 1.165) is 0 Å². The second-order valence-corrected chi connectivity index (χ2v) is 6.72. The van der Waals surface area contributed by atoms with Gasteiger partial charge >= 0.3 is 6.03 Å². The van der Waals surface area contributed by atoms with E-state index in [-0.39, 0.29) is 42.3 Å². The van der Waals surface area contributed by atoms with Crippen LogP contribution < -0.4 is 11.2 Å². The number of primary amides is 1. The van der Waals surface area contributed by atoms with Crippen LogP contribution in [0.5, 0.6) is 0 Å². The molecular formula is C16H7Cl4N3O3. The molecule has 2 aromatic rings. The van der Waals surface area contributed by atoms with Crippen LogP contribution in [-0.2, 0) is 0 Å². The van der Waals surface area contributed by atoms with Crippen LogP contribution in [0.25, 0.3) is 0 Å². The molecule has 2 amide bonds. The smallest absolute Gasteiger partial charge is 0.332 e. The number of hydrogen-bond donors (Lipinski definition) is 2. The first-order valence-electron chi connectivity index (χ1n) is 6.92. The molecule has 1 aliphatic rings. The number of ketones is 2. The Morgan fingerprint density at radius 3 is 2.00 bits per heavy atom. The molecule has 0 unspecified atom stereocenters. The quantitative estimate of drug-likeness (QED) is 0.277. The number of nitrogens with one attached hydrogen (secondary N) is 1. The van der Waals surface area contributed by atoms with Crippen LogP contribution in [0.15, 0.2) is 23.3 Å². The van der Waals surface area contributed by atoms with Gasteiger partial charge in [-0.15, -0.1) is 0 Å². The van der Waals surface area contributed by atoms with Crippen molar-refractivity contribution in [2.45, 2.75) is 0 Å². The van der Waals surface area contributed by atoms with E-state index in [2.05, 4.69) is 5.10 Å². The van der Waals surface area contributed by atoms with Crippen LogP contribution in [0, 0.1) is 0 Å². The maximum absolute atomic E-state index is 12.9. The second-order valence-electron chi connectivity index (χ2n) is 5.20. The number of urea groups is 1. The predicted octanol–water partition coefficient (Wildman–Crippen LogP) is 4.08. The van der Waals surface area contributed by atoms with E-state index in [1.807, 2.05) is 5.43 Å². The van der Waals surface area contributed by atoms with Crippen LogP contribution in [0.1, 0.15) is 37.4 Å². The molecule has 0 heterocycles. The summed E-state index contributed by atoms with van der Waals surface area (Å²) >= 11 is 24.3. The van der Waals surface area contributed by atoms with Gasteiger partial charge in [-0.25, -0.2) is 10.2 Å². The summed E-state index contributed by atoms with van der Waals surface area (Å²) in [6, 6.07) is 3.56. The number of nitrogens with zero attached hydrogens (tertiary/aromatic N) is 1. The topological polar surface area (TPSA) is 102 Å². The first-order chi connectivity index (χ1) is 12.2.